The molecule has 2 bridgehead atoms. The van der Waals surface area contributed by atoms with E-state index in [1.165, 1.54) is 0 Å². The number of halogens is 5. The van der Waals surface area contributed by atoms with E-state index >= 15 is 0 Å². The van der Waals surface area contributed by atoms with Crippen molar-refractivity contribution in [3.63, 3.8) is 0 Å². The first-order valence-corrected chi connectivity index (χ1v) is 6.19. The van der Waals surface area contributed by atoms with Gasteiger partial charge in [-0.05, 0) is 25.2 Å². The fraction of sp³-hybridized carbons (Fsp3) is 0.429. The molecule has 102 valence electrons. The lowest BCUT2D eigenvalue weighted by Gasteiger charge is -2.26. The molecule has 3 aliphatic rings. The number of hydrogen-bond donors (Lipinski definition) is 0. The highest BCUT2D eigenvalue weighted by molar-refractivity contribution is 5.44. The topological polar surface area (TPSA) is 0 Å². The minimum absolute atomic E-state index is 0.0618. The second-order valence-corrected chi connectivity index (χ2v) is 5.09. The van der Waals surface area contributed by atoms with E-state index in [9.17, 15) is 22.0 Å². The number of benzene rings is 1. The molecule has 5 heteroatoms. The Bertz CT molecular complexity index is 573. The Hall–Kier alpha value is -1.39. The molecule has 2 atom stereocenters. The SMILES string of the molecule is CCC1=C2CC(c3c(F)c(F)c(F)c(F)c3F)[C@H]1C2. The van der Waals surface area contributed by atoms with E-state index in [-0.39, 0.29) is 5.92 Å². The molecule has 1 saturated carbocycles. The Morgan fingerprint density at radius 2 is 1.26 bits per heavy atom. The van der Waals surface area contributed by atoms with Gasteiger partial charge in [-0.1, -0.05) is 18.1 Å². The van der Waals surface area contributed by atoms with E-state index in [0.717, 1.165) is 17.6 Å². The molecule has 1 fully saturated rings. The quantitative estimate of drug-likeness (QED) is 0.320. The monoisotopic (exact) mass is 274 g/mol. The maximum Gasteiger partial charge on any atom is 0.200 e. The van der Waals surface area contributed by atoms with Crippen LogP contribution in [0.1, 0.15) is 37.7 Å². The first-order chi connectivity index (χ1) is 8.97. The lowest BCUT2D eigenvalue weighted by molar-refractivity contribution is 0.357. The summed E-state index contributed by atoms with van der Waals surface area (Å²) in [6, 6.07) is 0. The van der Waals surface area contributed by atoms with Crippen molar-refractivity contribution in [3.05, 3.63) is 45.8 Å². The van der Waals surface area contributed by atoms with Gasteiger partial charge in [-0.3, -0.25) is 0 Å². The van der Waals surface area contributed by atoms with Crippen molar-refractivity contribution < 1.29 is 22.0 Å². The van der Waals surface area contributed by atoms with Gasteiger partial charge in [-0.2, -0.15) is 0 Å². The molecule has 0 heterocycles. The third-order valence-electron chi connectivity index (χ3n) is 4.32. The van der Waals surface area contributed by atoms with Crippen LogP contribution in [0.3, 0.4) is 0 Å². The summed E-state index contributed by atoms with van der Waals surface area (Å²) in [5, 5.41) is 0. The lowest BCUT2D eigenvalue weighted by atomic mass is 9.79. The number of rotatable bonds is 2. The third kappa shape index (κ3) is 1.50. The smallest absolute Gasteiger partial charge is 0.200 e. The highest BCUT2D eigenvalue weighted by Crippen LogP contribution is 2.58. The van der Waals surface area contributed by atoms with E-state index < -0.39 is 40.6 Å². The third-order valence-corrected chi connectivity index (χ3v) is 4.32. The molecule has 0 amide bonds. The molecule has 4 rings (SSSR count). The molecule has 1 unspecified atom stereocenters. The van der Waals surface area contributed by atoms with Gasteiger partial charge in [0.05, 0.1) is 0 Å². The molecule has 0 aromatic heterocycles. The van der Waals surface area contributed by atoms with Crippen LogP contribution in [0.15, 0.2) is 11.1 Å². The zero-order valence-electron chi connectivity index (χ0n) is 10.2. The second-order valence-electron chi connectivity index (χ2n) is 5.09. The summed E-state index contributed by atoms with van der Waals surface area (Å²) in [7, 11) is 0. The van der Waals surface area contributed by atoms with Gasteiger partial charge in [0.25, 0.3) is 0 Å². The molecule has 0 spiro atoms. The predicted molar refractivity (Wildman–Crippen MR) is 59.0 cm³/mol. The predicted octanol–water partition coefficient (Wildman–Crippen LogP) is 4.60. The molecule has 3 aliphatic carbocycles. The Morgan fingerprint density at radius 3 is 1.74 bits per heavy atom. The van der Waals surface area contributed by atoms with E-state index in [4.69, 9.17) is 0 Å². The number of allylic oxidation sites excluding steroid dienone is 2. The van der Waals surface area contributed by atoms with Gasteiger partial charge in [-0.15, -0.1) is 0 Å². The van der Waals surface area contributed by atoms with Gasteiger partial charge in [0, 0.05) is 11.5 Å². The zero-order valence-corrected chi connectivity index (χ0v) is 10.2. The van der Waals surface area contributed by atoms with E-state index in [0.29, 0.717) is 12.8 Å². The minimum Gasteiger partial charge on any atom is -0.203 e. The van der Waals surface area contributed by atoms with E-state index in [2.05, 4.69) is 0 Å². The van der Waals surface area contributed by atoms with Gasteiger partial charge >= 0.3 is 0 Å². The van der Waals surface area contributed by atoms with Crippen LogP contribution in [-0.2, 0) is 0 Å². The lowest BCUT2D eigenvalue weighted by Crippen LogP contribution is -2.17. The van der Waals surface area contributed by atoms with Crippen molar-refractivity contribution in [2.75, 3.05) is 0 Å². The van der Waals surface area contributed by atoms with Gasteiger partial charge in [0.15, 0.2) is 23.3 Å². The molecule has 1 aromatic rings. The van der Waals surface area contributed by atoms with Crippen LogP contribution in [0.5, 0.6) is 0 Å². The van der Waals surface area contributed by atoms with Crippen molar-refractivity contribution in [2.45, 2.75) is 32.1 Å². The molecule has 0 saturated heterocycles. The zero-order chi connectivity index (χ0) is 13.9. The largest absolute Gasteiger partial charge is 0.203 e. The van der Waals surface area contributed by atoms with Crippen LogP contribution in [0, 0.1) is 35.0 Å². The molecule has 1 aromatic carbocycles. The average Bonchev–Trinajstić information content (AvgIpc) is 2.93. The molecular weight excluding hydrogens is 263 g/mol. The molecule has 19 heavy (non-hydrogen) atoms. The van der Waals surface area contributed by atoms with Crippen molar-refractivity contribution in [3.8, 4) is 0 Å². The number of hydrogen-bond acceptors (Lipinski definition) is 0. The fourth-order valence-corrected chi connectivity index (χ4v) is 3.42. The molecule has 0 aliphatic heterocycles. The first-order valence-electron chi connectivity index (χ1n) is 6.19. The Morgan fingerprint density at radius 1 is 0.789 bits per heavy atom. The van der Waals surface area contributed by atoms with Crippen LogP contribution >= 0.6 is 0 Å². The summed E-state index contributed by atoms with van der Waals surface area (Å²) in [4.78, 5) is 0. The van der Waals surface area contributed by atoms with Gasteiger partial charge in [-0.25, -0.2) is 22.0 Å². The molecule has 0 radical (unpaired) electrons. The summed E-state index contributed by atoms with van der Waals surface area (Å²) >= 11 is 0. The fourth-order valence-electron chi connectivity index (χ4n) is 3.42. The van der Waals surface area contributed by atoms with E-state index in [1.807, 2.05) is 6.92 Å². The van der Waals surface area contributed by atoms with Crippen LogP contribution in [0.4, 0.5) is 22.0 Å². The first kappa shape index (κ1) is 12.6. The van der Waals surface area contributed by atoms with E-state index in [1.54, 1.807) is 0 Å². The molecule has 0 N–H and O–H groups in total. The summed E-state index contributed by atoms with van der Waals surface area (Å²) in [5.41, 5.74) is 1.59. The van der Waals surface area contributed by atoms with Crippen molar-refractivity contribution in [2.24, 2.45) is 5.92 Å². The van der Waals surface area contributed by atoms with Crippen LogP contribution in [-0.4, -0.2) is 0 Å². The Labute approximate surface area is 106 Å². The van der Waals surface area contributed by atoms with Gasteiger partial charge in [0.2, 0.25) is 5.82 Å². The highest BCUT2D eigenvalue weighted by Gasteiger charge is 2.46. The summed E-state index contributed by atoms with van der Waals surface area (Å²) < 4.78 is 66.9. The van der Waals surface area contributed by atoms with Crippen molar-refractivity contribution >= 4 is 0 Å². The summed E-state index contributed by atoms with van der Waals surface area (Å²) in [5.74, 6) is -9.80. The highest BCUT2D eigenvalue weighted by atomic mass is 19.2. The second kappa shape index (κ2) is 4.05. The van der Waals surface area contributed by atoms with Crippen molar-refractivity contribution in [1.82, 2.24) is 0 Å². The standard InChI is InChI=1S/C14H11F5/c1-2-6-5-3-7(6)8(4-5)9-10(15)12(17)14(19)13(18)11(9)16/h7-8H,2-4H2,1H3/t7-,8?/m0/s1. The summed E-state index contributed by atoms with van der Waals surface area (Å²) in [6.45, 7) is 1.93. The minimum atomic E-state index is -2.09. The molecule has 0 nitrogen and oxygen atoms in total. The van der Waals surface area contributed by atoms with Gasteiger partial charge in [0.1, 0.15) is 0 Å². The average molecular weight is 274 g/mol. The van der Waals surface area contributed by atoms with Crippen LogP contribution in [0.25, 0.3) is 0 Å². The van der Waals surface area contributed by atoms with Crippen molar-refractivity contribution in [1.29, 1.82) is 0 Å². The maximum atomic E-state index is 13.7. The Kier molecular flexibility index (Phi) is 2.69. The maximum absolute atomic E-state index is 13.7. The van der Waals surface area contributed by atoms with Crippen LogP contribution in [0.2, 0.25) is 0 Å². The van der Waals surface area contributed by atoms with Gasteiger partial charge < -0.3 is 0 Å². The molecular formula is C14H11F5. The Balaban J connectivity index is 2.09. The summed E-state index contributed by atoms with van der Waals surface area (Å²) in [6.07, 6.45) is 1.89. The normalized spacial score (nSPS) is 24.9. The number of fused-ring (bicyclic) bond motifs is 1. The van der Waals surface area contributed by atoms with Crippen LogP contribution < -0.4 is 0 Å².